The van der Waals surface area contributed by atoms with Gasteiger partial charge in [-0.15, -0.1) is 0 Å². The first-order chi connectivity index (χ1) is 12.8. The van der Waals surface area contributed by atoms with Gasteiger partial charge in [0.25, 0.3) is 0 Å². The third-order valence-corrected chi connectivity index (χ3v) is 4.73. The maximum atomic E-state index is 12.1. The van der Waals surface area contributed by atoms with Gasteiger partial charge in [0.2, 0.25) is 0 Å². The van der Waals surface area contributed by atoms with Crippen LogP contribution in [0, 0.1) is 0 Å². The molecule has 6 nitrogen and oxygen atoms in total. The Balaban J connectivity index is 1.40. The molecule has 1 aromatic carbocycles. The van der Waals surface area contributed by atoms with Crippen molar-refractivity contribution in [2.45, 2.75) is 38.5 Å². The normalized spacial score (nSPS) is 19.7. The van der Waals surface area contributed by atoms with Gasteiger partial charge in [0.15, 0.2) is 0 Å². The average molecular weight is 351 g/mol. The Labute approximate surface area is 151 Å². The molecule has 26 heavy (non-hydrogen) atoms. The topological polar surface area (TPSA) is 66.2 Å². The number of nitrogens with zero attached hydrogens (tertiary/aromatic N) is 3. The Morgan fingerprint density at radius 1 is 1.23 bits per heavy atom. The number of hydrogen-bond donors (Lipinski definition) is 0. The van der Waals surface area contributed by atoms with Gasteiger partial charge in [-0.3, -0.25) is 0 Å². The minimum Gasteiger partial charge on any atom is -0.459 e. The molecule has 3 aromatic rings. The zero-order chi connectivity index (χ0) is 17.9. The molecule has 1 aliphatic heterocycles. The van der Waals surface area contributed by atoms with E-state index < -0.39 is 0 Å². The van der Waals surface area contributed by atoms with Gasteiger partial charge in [-0.1, -0.05) is 25.1 Å². The van der Waals surface area contributed by atoms with Crippen LogP contribution in [0.4, 0.5) is 0 Å². The highest BCUT2D eigenvalue weighted by Crippen LogP contribution is 2.31. The van der Waals surface area contributed by atoms with E-state index in [9.17, 15) is 4.79 Å². The summed E-state index contributed by atoms with van der Waals surface area (Å²) in [6, 6.07) is 11.1. The highest BCUT2D eigenvalue weighted by atomic mass is 16.6. The van der Waals surface area contributed by atoms with Gasteiger partial charge < -0.3 is 14.0 Å². The van der Waals surface area contributed by atoms with Crippen molar-refractivity contribution < 1.29 is 14.3 Å². The molecule has 1 aliphatic rings. The predicted molar refractivity (Wildman–Crippen MR) is 96.8 cm³/mol. The van der Waals surface area contributed by atoms with Crippen LogP contribution in [0.1, 0.15) is 42.0 Å². The quantitative estimate of drug-likeness (QED) is 0.658. The Kier molecular flexibility index (Phi) is 4.67. The maximum Gasteiger partial charge on any atom is 0.338 e. The number of aromatic nitrogens is 3. The Morgan fingerprint density at radius 2 is 2.08 bits per heavy atom. The lowest BCUT2D eigenvalue weighted by molar-refractivity contribution is -0.0307. The fourth-order valence-electron chi connectivity index (χ4n) is 3.38. The van der Waals surface area contributed by atoms with Crippen molar-refractivity contribution in [1.82, 2.24) is 14.5 Å². The number of fused-ring (bicyclic) bond motifs is 1. The van der Waals surface area contributed by atoms with Gasteiger partial charge in [0.1, 0.15) is 24.8 Å². The monoisotopic (exact) mass is 351 g/mol. The molecule has 4 rings (SSSR count). The van der Waals surface area contributed by atoms with E-state index >= 15 is 0 Å². The lowest BCUT2D eigenvalue weighted by Crippen LogP contribution is -2.19. The van der Waals surface area contributed by atoms with Crippen molar-refractivity contribution in [3.63, 3.8) is 0 Å². The summed E-state index contributed by atoms with van der Waals surface area (Å²) in [5.41, 5.74) is 2.49. The van der Waals surface area contributed by atoms with E-state index in [1.165, 1.54) is 0 Å². The molecule has 0 radical (unpaired) electrons. The highest BCUT2D eigenvalue weighted by Gasteiger charge is 2.28. The van der Waals surface area contributed by atoms with Crippen molar-refractivity contribution in [3.05, 3.63) is 60.2 Å². The van der Waals surface area contributed by atoms with Gasteiger partial charge in [0.05, 0.1) is 17.4 Å². The molecule has 3 heterocycles. The van der Waals surface area contributed by atoms with Gasteiger partial charge in [0, 0.05) is 11.6 Å². The van der Waals surface area contributed by atoms with Crippen molar-refractivity contribution in [1.29, 1.82) is 0 Å². The van der Waals surface area contributed by atoms with Crippen LogP contribution in [-0.4, -0.2) is 33.2 Å². The SMILES string of the molecule is CCc1ncnc2c1ccn2[C@H]1CC[C@@H](COC(=O)c2ccccc2)O1. The van der Waals surface area contributed by atoms with Crippen molar-refractivity contribution >= 4 is 17.0 Å². The zero-order valence-electron chi connectivity index (χ0n) is 14.7. The highest BCUT2D eigenvalue weighted by molar-refractivity contribution is 5.89. The van der Waals surface area contributed by atoms with Crippen LogP contribution in [-0.2, 0) is 15.9 Å². The van der Waals surface area contributed by atoms with Gasteiger partial charge in [-0.2, -0.15) is 0 Å². The lowest BCUT2D eigenvalue weighted by atomic mass is 10.2. The number of ether oxygens (including phenoxy) is 2. The molecular formula is C20H21N3O3. The van der Waals surface area contributed by atoms with Crippen LogP contribution < -0.4 is 0 Å². The van der Waals surface area contributed by atoms with E-state index in [0.29, 0.717) is 5.56 Å². The predicted octanol–water partition coefficient (Wildman–Crippen LogP) is 3.53. The van der Waals surface area contributed by atoms with E-state index in [4.69, 9.17) is 9.47 Å². The summed E-state index contributed by atoms with van der Waals surface area (Å²) in [7, 11) is 0. The summed E-state index contributed by atoms with van der Waals surface area (Å²) >= 11 is 0. The van der Waals surface area contributed by atoms with Crippen LogP contribution in [0.15, 0.2) is 48.9 Å². The van der Waals surface area contributed by atoms with Crippen LogP contribution in [0.2, 0.25) is 0 Å². The summed E-state index contributed by atoms with van der Waals surface area (Å²) in [5, 5.41) is 1.07. The molecule has 1 saturated heterocycles. The number of carbonyl (C=O) groups excluding carboxylic acids is 1. The summed E-state index contributed by atoms with van der Waals surface area (Å²) in [6.07, 6.45) is 5.99. The lowest BCUT2D eigenvalue weighted by Gasteiger charge is -2.16. The van der Waals surface area contributed by atoms with Crippen LogP contribution in [0.3, 0.4) is 0 Å². The Hall–Kier alpha value is -2.73. The molecule has 0 saturated carbocycles. The van der Waals surface area contributed by atoms with Crippen LogP contribution in [0.5, 0.6) is 0 Å². The summed E-state index contributed by atoms with van der Waals surface area (Å²) in [5.74, 6) is -0.315. The third-order valence-electron chi connectivity index (χ3n) is 4.73. The number of hydrogen-bond acceptors (Lipinski definition) is 5. The second kappa shape index (κ2) is 7.25. The Morgan fingerprint density at radius 3 is 2.88 bits per heavy atom. The minimum absolute atomic E-state index is 0.0902. The molecule has 0 spiro atoms. The fourth-order valence-corrected chi connectivity index (χ4v) is 3.38. The number of aryl methyl sites for hydroxylation is 1. The van der Waals surface area contributed by atoms with Crippen molar-refractivity contribution in [2.24, 2.45) is 0 Å². The molecule has 0 bridgehead atoms. The largest absolute Gasteiger partial charge is 0.459 e. The summed E-state index contributed by atoms with van der Waals surface area (Å²) in [6.45, 7) is 2.35. The van der Waals surface area contributed by atoms with Crippen LogP contribution in [0.25, 0.3) is 11.0 Å². The van der Waals surface area contributed by atoms with Gasteiger partial charge in [-0.25, -0.2) is 14.8 Å². The fraction of sp³-hybridized carbons (Fsp3) is 0.350. The molecule has 6 heteroatoms. The van der Waals surface area contributed by atoms with Crippen molar-refractivity contribution in [3.8, 4) is 0 Å². The number of benzene rings is 1. The first-order valence-corrected chi connectivity index (χ1v) is 8.94. The molecule has 0 amide bonds. The van der Waals surface area contributed by atoms with E-state index in [1.54, 1.807) is 18.5 Å². The molecular weight excluding hydrogens is 330 g/mol. The minimum atomic E-state index is -0.315. The summed E-state index contributed by atoms with van der Waals surface area (Å²) in [4.78, 5) is 20.8. The standard InChI is InChI=1S/C20H21N3O3/c1-2-17-16-10-11-23(19(16)22-13-21-17)18-9-8-15(26-18)12-25-20(24)14-6-4-3-5-7-14/h3-7,10-11,13,15,18H,2,8-9,12H2,1H3/t15-,18+/m0/s1. The van der Waals surface area contributed by atoms with Gasteiger partial charge >= 0.3 is 5.97 Å². The second-order valence-electron chi connectivity index (χ2n) is 6.39. The molecule has 2 aromatic heterocycles. The first-order valence-electron chi connectivity index (χ1n) is 8.94. The second-order valence-corrected chi connectivity index (χ2v) is 6.39. The molecule has 134 valence electrons. The Bertz CT molecular complexity index is 907. The average Bonchev–Trinajstić information content (AvgIpc) is 3.33. The van der Waals surface area contributed by atoms with E-state index in [2.05, 4.69) is 21.5 Å². The third kappa shape index (κ3) is 3.20. The zero-order valence-corrected chi connectivity index (χ0v) is 14.7. The smallest absolute Gasteiger partial charge is 0.338 e. The van der Waals surface area contributed by atoms with Gasteiger partial charge in [-0.05, 0) is 37.5 Å². The number of rotatable bonds is 5. The van der Waals surface area contributed by atoms with E-state index in [1.807, 2.05) is 30.5 Å². The molecule has 2 atom stereocenters. The summed E-state index contributed by atoms with van der Waals surface area (Å²) < 4.78 is 13.6. The molecule has 0 aliphatic carbocycles. The number of esters is 1. The molecule has 0 N–H and O–H groups in total. The first kappa shape index (κ1) is 16.7. The molecule has 1 fully saturated rings. The number of carbonyl (C=O) groups is 1. The van der Waals surface area contributed by atoms with Crippen LogP contribution >= 0.6 is 0 Å². The van der Waals surface area contributed by atoms with Crippen molar-refractivity contribution in [2.75, 3.05) is 6.61 Å². The maximum absolute atomic E-state index is 12.1. The van der Waals surface area contributed by atoms with E-state index in [0.717, 1.165) is 36.0 Å². The molecule has 0 unspecified atom stereocenters. The van der Waals surface area contributed by atoms with E-state index in [-0.39, 0.29) is 24.9 Å².